The Morgan fingerprint density at radius 3 is 2.39 bits per heavy atom. The van der Waals surface area contributed by atoms with E-state index in [1.165, 1.54) is 38.0 Å². The lowest BCUT2D eigenvalue weighted by atomic mass is 9.83. The molecule has 10 atom stereocenters. The Balaban J connectivity index is 1.16. The Morgan fingerprint density at radius 1 is 1.04 bits per heavy atom. The van der Waals surface area contributed by atoms with E-state index in [9.17, 15) is 38.7 Å². The number of hydrogen-bond donors (Lipinski definition) is 6. The molecule has 3 heterocycles. The average molecular weight is 1080 g/mol. The summed E-state index contributed by atoms with van der Waals surface area (Å²) in [5.41, 5.74) is 5.91. The summed E-state index contributed by atoms with van der Waals surface area (Å²) in [6.45, 7) is 12.4. The minimum atomic E-state index is -1.87. The number of nitrogens with two attached hydrogens (primary N) is 1. The number of ether oxygens (including phenoxy) is 6. The summed E-state index contributed by atoms with van der Waals surface area (Å²) in [7, 11) is 5.93. The van der Waals surface area contributed by atoms with Gasteiger partial charge in [-0.1, -0.05) is 74.7 Å². The summed E-state index contributed by atoms with van der Waals surface area (Å²) in [6.07, 6.45) is 1.56. The second-order valence-electron chi connectivity index (χ2n) is 20.4. The second-order valence-corrected chi connectivity index (χ2v) is 20.8. The number of allylic oxidation sites excluding steroid dienone is 3. The van der Waals surface area contributed by atoms with E-state index in [1.807, 2.05) is 26.8 Å². The highest BCUT2D eigenvalue weighted by molar-refractivity contribution is 6.35. The van der Waals surface area contributed by atoms with E-state index in [4.69, 9.17) is 45.8 Å². The zero-order valence-corrected chi connectivity index (χ0v) is 46.1. The average Bonchev–Trinajstić information content (AvgIpc) is 4.08. The van der Waals surface area contributed by atoms with Crippen molar-refractivity contribution < 1.29 is 67.1 Å². The van der Waals surface area contributed by atoms with Crippen LogP contribution < -0.4 is 36.6 Å². The molecule has 76 heavy (non-hydrogen) atoms. The van der Waals surface area contributed by atoms with E-state index in [2.05, 4.69) is 21.3 Å². The molecule has 4 bridgehead atoms. The summed E-state index contributed by atoms with van der Waals surface area (Å²) >= 11 is 6.81. The molecule has 2 saturated heterocycles. The van der Waals surface area contributed by atoms with Gasteiger partial charge in [0, 0.05) is 52.2 Å². The fourth-order valence-electron chi connectivity index (χ4n) is 8.98. The number of fused-ring (bicyclic) bond motifs is 5. The molecule has 5 rings (SSSR count). The molecule has 0 radical (unpaired) electrons. The lowest BCUT2D eigenvalue weighted by Gasteiger charge is -2.42. The number of carbonyl (C=O) groups is 7. The third-order valence-corrected chi connectivity index (χ3v) is 14.6. The molecule has 0 aromatic heterocycles. The summed E-state index contributed by atoms with van der Waals surface area (Å²) < 4.78 is 34.7. The first kappa shape index (κ1) is 60.6. The normalized spacial score (nSPS) is 25.9. The Kier molecular flexibility index (Phi) is 21.3. The fourth-order valence-corrected chi connectivity index (χ4v) is 9.29. The first-order valence-electron chi connectivity index (χ1n) is 25.5. The van der Waals surface area contributed by atoms with E-state index >= 15 is 0 Å². The number of methoxy groups -OCH3 is 2. The molecule has 2 aromatic carbocycles. The SMILES string of the molecule is COc1cc2cc(c1Cl)N(C)C(=O)C[C@H](OC(=O)[C@H](C)N(C)C(=O)CCCCCNC(=O)OCc1ccc(NC(=O)[C@H](C)NC(=O)[C@@H](N)C(C)C)cc1)[C@]1(C)OC1[C@H](C)C1C[C@@](O)(NC(=O)O1)[C@H](OC)/C=C/C=C(\C)C2. The van der Waals surface area contributed by atoms with Gasteiger partial charge >= 0.3 is 18.2 Å². The minimum absolute atomic E-state index is 0.0213. The highest BCUT2D eigenvalue weighted by atomic mass is 35.5. The molecule has 21 nitrogen and oxygen atoms in total. The van der Waals surface area contributed by atoms with Gasteiger partial charge in [-0.2, -0.15) is 0 Å². The van der Waals surface area contributed by atoms with Crippen molar-refractivity contribution in [1.82, 2.24) is 20.9 Å². The molecule has 6 amide bonds. The molecule has 7 N–H and O–H groups in total. The van der Waals surface area contributed by atoms with Crippen LogP contribution in [0.2, 0.25) is 5.02 Å². The molecule has 3 aliphatic rings. The lowest BCUT2D eigenvalue weighted by molar-refractivity contribution is -0.162. The van der Waals surface area contributed by atoms with E-state index in [-0.39, 0.29) is 49.3 Å². The quantitative estimate of drug-likeness (QED) is 0.0470. The minimum Gasteiger partial charge on any atom is -0.495 e. The van der Waals surface area contributed by atoms with Crippen LogP contribution >= 0.6 is 11.6 Å². The molecule has 22 heteroatoms. The molecule has 418 valence electrons. The van der Waals surface area contributed by atoms with Crippen LogP contribution in [-0.2, 0) is 60.7 Å². The van der Waals surface area contributed by atoms with Crippen LogP contribution in [0.1, 0.15) is 98.1 Å². The number of rotatable bonds is 18. The number of hydrogen-bond acceptors (Lipinski definition) is 15. The smallest absolute Gasteiger partial charge is 0.409 e. The highest BCUT2D eigenvalue weighted by Crippen LogP contribution is 2.49. The van der Waals surface area contributed by atoms with Gasteiger partial charge in [0.2, 0.25) is 23.6 Å². The van der Waals surface area contributed by atoms with Gasteiger partial charge < -0.3 is 65.0 Å². The number of aliphatic hydroxyl groups is 1. The van der Waals surface area contributed by atoms with Crippen LogP contribution in [0.25, 0.3) is 0 Å². The van der Waals surface area contributed by atoms with E-state index in [0.717, 1.165) is 11.1 Å². The number of anilines is 2. The first-order chi connectivity index (χ1) is 35.8. The summed E-state index contributed by atoms with van der Waals surface area (Å²) in [5, 5.41) is 22.6. The lowest BCUT2D eigenvalue weighted by Crippen LogP contribution is -2.63. The third-order valence-electron chi connectivity index (χ3n) is 14.2. The highest BCUT2D eigenvalue weighted by Gasteiger charge is 2.64. The number of alkyl carbamates (subject to hydrolysis) is 2. The van der Waals surface area contributed by atoms with Crippen molar-refractivity contribution in [3.63, 3.8) is 0 Å². The van der Waals surface area contributed by atoms with Gasteiger partial charge in [0.05, 0.1) is 31.4 Å². The fraction of sp³-hybridized carbons (Fsp3) is 0.574. The van der Waals surface area contributed by atoms with Gasteiger partial charge in [-0.05, 0) is 88.3 Å². The zero-order chi connectivity index (χ0) is 56.2. The maximum Gasteiger partial charge on any atom is 0.409 e. The van der Waals surface area contributed by atoms with Crippen molar-refractivity contribution >= 4 is 64.8 Å². The molecular formula is C54H76ClN7O14. The zero-order valence-electron chi connectivity index (χ0n) is 45.4. The van der Waals surface area contributed by atoms with Gasteiger partial charge in [0.15, 0.2) is 5.72 Å². The van der Waals surface area contributed by atoms with Crippen LogP contribution in [0.3, 0.4) is 0 Å². The van der Waals surface area contributed by atoms with Crippen molar-refractivity contribution in [1.29, 1.82) is 0 Å². The van der Waals surface area contributed by atoms with E-state index in [1.54, 1.807) is 76.4 Å². The Labute approximate surface area is 449 Å². The largest absolute Gasteiger partial charge is 0.495 e. The predicted octanol–water partition coefficient (Wildman–Crippen LogP) is 5.43. The number of esters is 1. The molecule has 0 saturated carbocycles. The van der Waals surface area contributed by atoms with Gasteiger partial charge in [0.1, 0.15) is 53.4 Å². The van der Waals surface area contributed by atoms with Crippen molar-refractivity contribution in [2.75, 3.05) is 45.1 Å². The molecular weight excluding hydrogens is 1010 g/mol. The maximum atomic E-state index is 14.3. The summed E-state index contributed by atoms with van der Waals surface area (Å²) in [4.78, 5) is 94.7. The number of epoxide rings is 1. The van der Waals surface area contributed by atoms with Crippen LogP contribution in [0, 0.1) is 11.8 Å². The summed E-state index contributed by atoms with van der Waals surface area (Å²) in [6, 6.07) is 7.62. The van der Waals surface area contributed by atoms with E-state index < -0.39 is 95.7 Å². The number of carbonyl (C=O) groups excluding carboxylic acids is 7. The number of halogens is 1. The van der Waals surface area contributed by atoms with Crippen LogP contribution in [0.4, 0.5) is 21.0 Å². The van der Waals surface area contributed by atoms with Gasteiger partial charge in [0.25, 0.3) is 0 Å². The molecule has 2 unspecified atom stereocenters. The van der Waals surface area contributed by atoms with Crippen LogP contribution in [-0.4, -0.2) is 141 Å². The number of unbranched alkanes of at least 4 members (excludes halogenated alkanes) is 2. The molecule has 0 aliphatic carbocycles. The number of nitrogens with one attached hydrogen (secondary N) is 4. The van der Waals surface area contributed by atoms with Gasteiger partial charge in [-0.15, -0.1) is 0 Å². The second kappa shape index (κ2) is 26.7. The topological polar surface area (TPSA) is 279 Å². The van der Waals surface area contributed by atoms with Crippen molar-refractivity contribution in [2.45, 2.75) is 154 Å². The molecule has 2 fully saturated rings. The summed E-state index contributed by atoms with van der Waals surface area (Å²) in [5.74, 6) is -2.75. The van der Waals surface area contributed by atoms with E-state index in [0.29, 0.717) is 48.4 Å². The van der Waals surface area contributed by atoms with Gasteiger partial charge in [-0.3, -0.25) is 24.5 Å². The monoisotopic (exact) mass is 1080 g/mol. The Morgan fingerprint density at radius 2 is 1.74 bits per heavy atom. The van der Waals surface area contributed by atoms with Crippen molar-refractivity contribution in [3.8, 4) is 5.75 Å². The maximum absolute atomic E-state index is 14.3. The van der Waals surface area contributed by atoms with Crippen molar-refractivity contribution in [3.05, 3.63) is 76.3 Å². The molecule has 0 spiro atoms. The number of benzene rings is 2. The standard InChI is InChI=1S/C54H76ClN7O14/c1-30(2)46(56)49(66)58-33(5)48(65)59-37-21-19-35(20-22-37)29-73-51(68)57-23-14-12-13-18-43(63)61(8)34(6)50(67)75-42-27-44(64)62(9)38-25-36(26-39(71-10)45(38)55)24-31(3)16-15-17-41(72-11)54(70)28-40(74-52(69)60-54)32(4)47-53(42,7)76-47/h15-17,19-22,25-26,30,32-34,40-42,46-47,70H,12-14,18,23-24,27-29,56H2,1-11H3,(H,57,68)(H,58,66)(H,59,65)(H,60,69)/b17-15+,31-16+/t32-,33+,34+,40?,41-,42+,46+,47?,53+,54+/m1/s1. The van der Waals surface area contributed by atoms with Crippen LogP contribution in [0.15, 0.2) is 60.2 Å². The Bertz CT molecular complexity index is 2490. The Hall–Kier alpha value is -6.26. The number of amides is 6. The predicted molar refractivity (Wildman–Crippen MR) is 283 cm³/mol. The number of nitrogens with zero attached hydrogens (tertiary/aromatic N) is 2. The third kappa shape index (κ3) is 15.7. The molecule has 3 aliphatic heterocycles. The number of likely N-dealkylation sites (N-methyl/N-ethyl adjacent to an activating group) is 1. The van der Waals surface area contributed by atoms with Crippen molar-refractivity contribution in [2.24, 2.45) is 17.6 Å². The first-order valence-corrected chi connectivity index (χ1v) is 25.9. The molecule has 2 aromatic rings. The van der Waals surface area contributed by atoms with Gasteiger partial charge in [-0.25, -0.2) is 14.4 Å². The van der Waals surface area contributed by atoms with Crippen LogP contribution in [0.5, 0.6) is 5.75 Å².